The maximum atomic E-state index is 12.1. The third-order valence-corrected chi connectivity index (χ3v) is 3.94. The van der Waals surface area contributed by atoms with Gasteiger partial charge in [-0.2, -0.15) is 0 Å². The second-order valence-electron chi connectivity index (χ2n) is 5.85. The summed E-state index contributed by atoms with van der Waals surface area (Å²) in [4.78, 5) is 23.5. The molecule has 8 heteroatoms. The third-order valence-electron chi connectivity index (χ3n) is 3.94. The molecule has 0 radical (unpaired) electrons. The first-order chi connectivity index (χ1) is 13.6. The van der Waals surface area contributed by atoms with E-state index >= 15 is 0 Å². The molecule has 0 bridgehead atoms. The van der Waals surface area contributed by atoms with Gasteiger partial charge in [0, 0.05) is 24.1 Å². The van der Waals surface area contributed by atoms with Crippen LogP contribution in [0.4, 0.5) is 5.69 Å². The number of benzene rings is 2. The van der Waals surface area contributed by atoms with E-state index in [-0.39, 0.29) is 12.3 Å². The van der Waals surface area contributed by atoms with Crippen LogP contribution in [0, 0.1) is 0 Å². The number of hydrogen-bond donors (Lipinski definition) is 1. The van der Waals surface area contributed by atoms with Gasteiger partial charge in [-0.25, -0.2) is 4.79 Å². The molecule has 0 aliphatic heterocycles. The summed E-state index contributed by atoms with van der Waals surface area (Å²) in [6, 6.07) is 13.7. The Labute approximate surface area is 161 Å². The molecule has 144 valence electrons. The van der Waals surface area contributed by atoms with Crippen molar-refractivity contribution < 1.29 is 23.5 Å². The van der Waals surface area contributed by atoms with Crippen LogP contribution in [0.25, 0.3) is 11.5 Å². The molecule has 3 rings (SSSR count). The van der Waals surface area contributed by atoms with Crippen LogP contribution in [0.3, 0.4) is 0 Å². The Bertz CT molecular complexity index is 966. The molecule has 1 heterocycles. The molecular weight excluding hydrogens is 362 g/mol. The predicted octanol–water partition coefficient (Wildman–Crippen LogP) is 3.10. The van der Waals surface area contributed by atoms with Gasteiger partial charge in [0.1, 0.15) is 5.75 Å². The highest BCUT2D eigenvalue weighted by Gasteiger charge is 2.12. The Hall–Kier alpha value is -3.68. The largest absolute Gasteiger partial charge is 0.497 e. The standard InChI is InChI=1S/C20H19N3O5/c1-26-16-5-3-4-14(12-16)19-23-22-18(28-19)11-10-17(24)21-15-8-6-13(7-9-15)20(25)27-2/h3-9,12H,10-11H2,1-2H3,(H,21,24). The molecule has 0 saturated heterocycles. The number of ether oxygens (including phenoxy) is 2. The average Bonchev–Trinajstić information content (AvgIpc) is 3.21. The van der Waals surface area contributed by atoms with E-state index in [1.807, 2.05) is 18.2 Å². The third kappa shape index (κ3) is 4.73. The monoisotopic (exact) mass is 381 g/mol. The summed E-state index contributed by atoms with van der Waals surface area (Å²) in [6.07, 6.45) is 0.488. The molecular formula is C20H19N3O5. The van der Waals surface area contributed by atoms with Crippen molar-refractivity contribution in [2.45, 2.75) is 12.8 Å². The molecule has 3 aromatic rings. The smallest absolute Gasteiger partial charge is 0.337 e. The number of anilines is 1. The Morgan fingerprint density at radius 1 is 1.07 bits per heavy atom. The van der Waals surface area contributed by atoms with E-state index in [1.165, 1.54) is 7.11 Å². The number of rotatable bonds is 7. The first-order valence-electron chi connectivity index (χ1n) is 8.54. The quantitative estimate of drug-likeness (QED) is 0.627. The number of nitrogens with one attached hydrogen (secondary N) is 1. The van der Waals surface area contributed by atoms with Gasteiger partial charge in [-0.3, -0.25) is 4.79 Å². The van der Waals surface area contributed by atoms with E-state index in [0.717, 1.165) is 5.56 Å². The topological polar surface area (TPSA) is 104 Å². The van der Waals surface area contributed by atoms with E-state index < -0.39 is 5.97 Å². The number of nitrogens with zero attached hydrogens (tertiary/aromatic N) is 2. The van der Waals surface area contributed by atoms with E-state index in [1.54, 1.807) is 37.4 Å². The van der Waals surface area contributed by atoms with Crippen molar-refractivity contribution in [1.82, 2.24) is 10.2 Å². The van der Waals surface area contributed by atoms with Crippen LogP contribution in [-0.4, -0.2) is 36.3 Å². The zero-order valence-corrected chi connectivity index (χ0v) is 15.5. The minimum absolute atomic E-state index is 0.179. The average molecular weight is 381 g/mol. The van der Waals surface area contributed by atoms with Gasteiger partial charge in [-0.15, -0.1) is 10.2 Å². The molecule has 28 heavy (non-hydrogen) atoms. The van der Waals surface area contributed by atoms with Crippen LogP contribution in [0.1, 0.15) is 22.7 Å². The molecule has 0 atom stereocenters. The fourth-order valence-electron chi connectivity index (χ4n) is 2.48. The number of methoxy groups -OCH3 is 2. The van der Waals surface area contributed by atoms with Crippen LogP contribution in [0.15, 0.2) is 52.9 Å². The zero-order chi connectivity index (χ0) is 19.9. The van der Waals surface area contributed by atoms with Crippen LogP contribution in [-0.2, 0) is 16.0 Å². The van der Waals surface area contributed by atoms with Crippen LogP contribution >= 0.6 is 0 Å². The molecule has 8 nitrogen and oxygen atoms in total. The lowest BCUT2D eigenvalue weighted by molar-refractivity contribution is -0.116. The summed E-state index contributed by atoms with van der Waals surface area (Å²) in [5, 5.41) is 10.7. The Morgan fingerprint density at radius 3 is 2.57 bits per heavy atom. The molecule has 0 spiro atoms. The van der Waals surface area contributed by atoms with Crippen LogP contribution in [0.5, 0.6) is 5.75 Å². The molecule has 2 aromatic carbocycles. The first kappa shape index (κ1) is 19.1. The zero-order valence-electron chi connectivity index (χ0n) is 15.5. The summed E-state index contributed by atoms with van der Waals surface area (Å²) in [5.41, 5.74) is 1.74. The number of carbonyl (C=O) groups is 2. The summed E-state index contributed by atoms with van der Waals surface area (Å²) in [7, 11) is 2.90. The highest BCUT2D eigenvalue weighted by molar-refractivity contribution is 5.93. The van der Waals surface area contributed by atoms with E-state index in [0.29, 0.717) is 35.2 Å². The lowest BCUT2D eigenvalue weighted by Crippen LogP contribution is -2.12. The van der Waals surface area contributed by atoms with Crippen molar-refractivity contribution in [3.05, 3.63) is 60.0 Å². The predicted molar refractivity (Wildman–Crippen MR) is 101 cm³/mol. The molecule has 0 unspecified atom stereocenters. The Morgan fingerprint density at radius 2 is 1.86 bits per heavy atom. The molecule has 1 aromatic heterocycles. The number of hydrogen-bond acceptors (Lipinski definition) is 7. The number of esters is 1. The number of amides is 1. The van der Waals surface area contributed by atoms with Gasteiger partial charge in [0.25, 0.3) is 0 Å². The highest BCUT2D eigenvalue weighted by atomic mass is 16.5. The Balaban J connectivity index is 1.55. The normalized spacial score (nSPS) is 10.4. The molecule has 0 aliphatic carbocycles. The van der Waals surface area contributed by atoms with Gasteiger partial charge in [0.05, 0.1) is 19.8 Å². The highest BCUT2D eigenvalue weighted by Crippen LogP contribution is 2.23. The SMILES string of the molecule is COC(=O)c1ccc(NC(=O)CCc2nnc(-c3cccc(OC)c3)o2)cc1. The van der Waals surface area contributed by atoms with Crippen LogP contribution < -0.4 is 10.1 Å². The van der Waals surface area contributed by atoms with Crippen molar-refractivity contribution in [3.8, 4) is 17.2 Å². The van der Waals surface area contributed by atoms with E-state index in [2.05, 4.69) is 20.3 Å². The van der Waals surface area contributed by atoms with Crippen molar-refractivity contribution in [2.24, 2.45) is 0 Å². The summed E-state index contributed by atoms with van der Waals surface area (Å²) < 4.78 is 15.4. The lowest BCUT2D eigenvalue weighted by atomic mass is 10.2. The summed E-state index contributed by atoms with van der Waals surface area (Å²) in [6.45, 7) is 0. The van der Waals surface area contributed by atoms with Gasteiger partial charge in [-0.05, 0) is 42.5 Å². The van der Waals surface area contributed by atoms with Crippen LogP contribution in [0.2, 0.25) is 0 Å². The Kier molecular flexibility index (Phi) is 6.01. The number of carbonyl (C=O) groups excluding carboxylic acids is 2. The van der Waals surface area contributed by atoms with Gasteiger partial charge in [0.15, 0.2) is 0 Å². The van der Waals surface area contributed by atoms with Crippen molar-refractivity contribution in [2.75, 3.05) is 19.5 Å². The van der Waals surface area contributed by atoms with E-state index in [4.69, 9.17) is 9.15 Å². The second-order valence-corrected chi connectivity index (χ2v) is 5.85. The minimum Gasteiger partial charge on any atom is -0.497 e. The maximum absolute atomic E-state index is 12.1. The van der Waals surface area contributed by atoms with Gasteiger partial charge >= 0.3 is 5.97 Å². The molecule has 0 fully saturated rings. The summed E-state index contributed by atoms with van der Waals surface area (Å²) in [5.74, 6) is 0.796. The molecule has 0 saturated carbocycles. The number of aryl methyl sites for hydroxylation is 1. The fourth-order valence-corrected chi connectivity index (χ4v) is 2.48. The van der Waals surface area contributed by atoms with Crippen molar-refractivity contribution >= 4 is 17.6 Å². The van der Waals surface area contributed by atoms with Crippen molar-refractivity contribution in [3.63, 3.8) is 0 Å². The number of aromatic nitrogens is 2. The fraction of sp³-hybridized carbons (Fsp3) is 0.200. The molecule has 1 N–H and O–H groups in total. The summed E-state index contributed by atoms with van der Waals surface area (Å²) >= 11 is 0. The van der Waals surface area contributed by atoms with Gasteiger partial charge in [0.2, 0.25) is 17.7 Å². The van der Waals surface area contributed by atoms with Gasteiger partial charge < -0.3 is 19.2 Å². The lowest BCUT2D eigenvalue weighted by Gasteiger charge is -2.05. The molecule has 0 aliphatic rings. The minimum atomic E-state index is -0.430. The van der Waals surface area contributed by atoms with Crippen molar-refractivity contribution in [1.29, 1.82) is 0 Å². The van der Waals surface area contributed by atoms with Gasteiger partial charge in [-0.1, -0.05) is 6.07 Å². The second kappa shape index (κ2) is 8.81. The van der Waals surface area contributed by atoms with E-state index in [9.17, 15) is 9.59 Å². The maximum Gasteiger partial charge on any atom is 0.337 e. The molecule has 1 amide bonds. The first-order valence-corrected chi connectivity index (χ1v) is 8.54.